The van der Waals surface area contributed by atoms with Crippen LogP contribution in [0.5, 0.6) is 0 Å². The van der Waals surface area contributed by atoms with Gasteiger partial charge in [0, 0.05) is 18.0 Å². The minimum atomic E-state index is 0.0655. The summed E-state index contributed by atoms with van der Waals surface area (Å²) >= 11 is 7.51. The third-order valence-electron chi connectivity index (χ3n) is 3.40. The minimum Gasteiger partial charge on any atom is -0.368 e. The molecule has 2 aromatic rings. The van der Waals surface area contributed by atoms with E-state index in [1.165, 1.54) is 24.2 Å². The lowest BCUT2D eigenvalue weighted by molar-refractivity contribution is 0.848. The van der Waals surface area contributed by atoms with E-state index >= 15 is 0 Å². The monoisotopic (exact) mass is 324 g/mol. The Labute approximate surface area is 132 Å². The number of aromatic nitrogens is 3. The molecule has 3 N–H and O–H groups in total. The van der Waals surface area contributed by atoms with Crippen molar-refractivity contribution in [2.75, 3.05) is 29.0 Å². The first kappa shape index (κ1) is 14.3. The highest BCUT2D eigenvalue weighted by Crippen LogP contribution is 2.28. The van der Waals surface area contributed by atoms with Crippen molar-refractivity contribution in [1.82, 2.24) is 15.0 Å². The van der Waals surface area contributed by atoms with Crippen molar-refractivity contribution < 1.29 is 0 Å². The van der Waals surface area contributed by atoms with E-state index in [4.69, 9.17) is 17.3 Å². The third-order valence-corrected chi connectivity index (χ3v) is 4.81. The zero-order valence-corrected chi connectivity index (χ0v) is 13.3. The first-order chi connectivity index (χ1) is 10.1. The molecule has 8 heteroatoms. The lowest BCUT2D eigenvalue weighted by Crippen LogP contribution is -2.22. The number of nitrogen functional groups attached to an aromatic ring is 1. The van der Waals surface area contributed by atoms with Crippen LogP contribution in [-0.4, -0.2) is 28.0 Å². The summed E-state index contributed by atoms with van der Waals surface area (Å²) in [7, 11) is 0. The second-order valence-corrected chi connectivity index (χ2v) is 6.77. The predicted molar refractivity (Wildman–Crippen MR) is 87.1 cm³/mol. The van der Waals surface area contributed by atoms with Crippen molar-refractivity contribution in [3.8, 4) is 0 Å². The summed E-state index contributed by atoms with van der Waals surface area (Å²) in [6.07, 6.45) is 2.33. The molecule has 0 bridgehead atoms. The van der Waals surface area contributed by atoms with Crippen molar-refractivity contribution in [3.05, 3.63) is 21.3 Å². The largest absolute Gasteiger partial charge is 0.368 e. The summed E-state index contributed by atoms with van der Waals surface area (Å²) < 4.78 is 0.770. The van der Waals surface area contributed by atoms with Crippen LogP contribution in [0.15, 0.2) is 12.1 Å². The molecule has 1 saturated heterocycles. The van der Waals surface area contributed by atoms with Gasteiger partial charge in [0.05, 0.1) is 10.4 Å². The first-order valence-corrected chi connectivity index (χ1v) is 8.09. The number of thiophene rings is 1. The summed E-state index contributed by atoms with van der Waals surface area (Å²) in [5.41, 5.74) is 5.80. The number of hydrogen-bond acceptors (Lipinski definition) is 7. The van der Waals surface area contributed by atoms with Crippen LogP contribution >= 0.6 is 22.9 Å². The van der Waals surface area contributed by atoms with Crippen LogP contribution in [0.1, 0.15) is 30.7 Å². The molecule has 3 rings (SSSR count). The van der Waals surface area contributed by atoms with Crippen molar-refractivity contribution >= 4 is 40.8 Å². The molecule has 112 valence electrons. The van der Waals surface area contributed by atoms with E-state index in [0.29, 0.717) is 11.9 Å². The van der Waals surface area contributed by atoms with Gasteiger partial charge in [-0.25, -0.2) is 0 Å². The Morgan fingerprint density at radius 2 is 2.05 bits per heavy atom. The Hall–Kier alpha value is -1.60. The maximum atomic E-state index is 5.97. The summed E-state index contributed by atoms with van der Waals surface area (Å²) in [6.45, 7) is 3.98. The molecule has 2 aromatic heterocycles. The first-order valence-electron chi connectivity index (χ1n) is 6.90. The molecule has 21 heavy (non-hydrogen) atoms. The van der Waals surface area contributed by atoms with Gasteiger partial charge in [-0.1, -0.05) is 11.6 Å². The fourth-order valence-corrected chi connectivity index (χ4v) is 3.39. The fraction of sp³-hybridized carbons (Fsp3) is 0.462. The lowest BCUT2D eigenvalue weighted by Gasteiger charge is -2.17. The molecular weight excluding hydrogens is 308 g/mol. The molecule has 3 heterocycles. The fourth-order valence-electron chi connectivity index (χ4n) is 2.33. The molecule has 1 fully saturated rings. The molecule has 0 aliphatic carbocycles. The van der Waals surface area contributed by atoms with Gasteiger partial charge in [-0.2, -0.15) is 15.0 Å². The van der Waals surface area contributed by atoms with Crippen LogP contribution < -0.4 is 16.0 Å². The second kappa shape index (κ2) is 6.03. The second-order valence-electron chi connectivity index (χ2n) is 5.02. The number of halogens is 1. The van der Waals surface area contributed by atoms with E-state index in [1.54, 1.807) is 0 Å². The average Bonchev–Trinajstić information content (AvgIpc) is 3.08. The van der Waals surface area contributed by atoms with Crippen LogP contribution in [0.3, 0.4) is 0 Å². The molecule has 6 nitrogen and oxygen atoms in total. The number of rotatable bonds is 4. The summed E-state index contributed by atoms with van der Waals surface area (Å²) in [5, 5.41) is 3.26. The lowest BCUT2D eigenvalue weighted by atomic mass is 10.3. The van der Waals surface area contributed by atoms with Crippen LogP contribution in [0.25, 0.3) is 0 Å². The van der Waals surface area contributed by atoms with Gasteiger partial charge in [0.25, 0.3) is 0 Å². The number of anilines is 3. The van der Waals surface area contributed by atoms with Gasteiger partial charge >= 0.3 is 0 Å². The van der Waals surface area contributed by atoms with Crippen LogP contribution in [0.4, 0.5) is 17.8 Å². The van der Waals surface area contributed by atoms with E-state index in [1.807, 2.05) is 19.1 Å². The number of hydrogen-bond donors (Lipinski definition) is 2. The highest BCUT2D eigenvalue weighted by atomic mass is 35.5. The minimum absolute atomic E-state index is 0.0655. The smallest absolute Gasteiger partial charge is 0.231 e. The average molecular weight is 325 g/mol. The quantitative estimate of drug-likeness (QED) is 0.900. The molecule has 1 atom stereocenters. The van der Waals surface area contributed by atoms with E-state index in [2.05, 4.69) is 25.2 Å². The molecule has 0 amide bonds. The van der Waals surface area contributed by atoms with Gasteiger partial charge in [0.1, 0.15) is 0 Å². The molecule has 1 aliphatic rings. The van der Waals surface area contributed by atoms with Crippen molar-refractivity contribution in [3.63, 3.8) is 0 Å². The summed E-state index contributed by atoms with van der Waals surface area (Å²) in [6, 6.07) is 3.95. The zero-order valence-electron chi connectivity index (χ0n) is 11.7. The Morgan fingerprint density at radius 1 is 1.29 bits per heavy atom. The SMILES string of the molecule is CC(Nc1nc(N)nc(N2CCCC2)n1)c1ccc(Cl)s1. The van der Waals surface area contributed by atoms with Crippen molar-refractivity contribution in [2.24, 2.45) is 0 Å². The number of nitrogens with two attached hydrogens (primary N) is 1. The molecule has 0 radical (unpaired) electrons. The van der Waals surface area contributed by atoms with Gasteiger partial charge in [-0.3, -0.25) is 0 Å². The van der Waals surface area contributed by atoms with E-state index in [0.717, 1.165) is 22.3 Å². The third kappa shape index (κ3) is 3.36. The van der Waals surface area contributed by atoms with Crippen LogP contribution in [-0.2, 0) is 0 Å². The van der Waals surface area contributed by atoms with E-state index in [-0.39, 0.29) is 12.0 Å². The van der Waals surface area contributed by atoms with Gasteiger partial charge in [-0.15, -0.1) is 11.3 Å². The van der Waals surface area contributed by atoms with Crippen LogP contribution in [0.2, 0.25) is 4.34 Å². The van der Waals surface area contributed by atoms with Gasteiger partial charge in [0.15, 0.2) is 0 Å². The molecule has 0 spiro atoms. The predicted octanol–water partition coefficient (Wildman–Crippen LogP) is 2.94. The van der Waals surface area contributed by atoms with E-state index < -0.39 is 0 Å². The molecule has 1 aliphatic heterocycles. The molecule has 1 unspecified atom stereocenters. The topological polar surface area (TPSA) is 80.0 Å². The molecule has 0 saturated carbocycles. The highest BCUT2D eigenvalue weighted by Gasteiger charge is 2.18. The molecule has 0 aromatic carbocycles. The number of nitrogens with one attached hydrogen (secondary N) is 1. The Morgan fingerprint density at radius 3 is 2.71 bits per heavy atom. The molecular formula is C13H17ClN6S. The summed E-state index contributed by atoms with van der Waals surface area (Å²) in [4.78, 5) is 16.1. The Kier molecular flexibility index (Phi) is 4.12. The maximum Gasteiger partial charge on any atom is 0.231 e. The van der Waals surface area contributed by atoms with Gasteiger partial charge < -0.3 is 16.0 Å². The standard InChI is InChI=1S/C13H17ClN6S/c1-8(9-4-5-10(14)21-9)16-12-17-11(15)18-13(19-12)20-6-2-3-7-20/h4-5,8H,2-3,6-7H2,1H3,(H3,15,16,17,18,19). The Bertz CT molecular complexity index is 625. The Balaban J connectivity index is 1.78. The normalized spacial score (nSPS) is 16.2. The van der Waals surface area contributed by atoms with Gasteiger partial charge in [-0.05, 0) is 31.9 Å². The van der Waals surface area contributed by atoms with Crippen LogP contribution in [0, 0.1) is 0 Å². The van der Waals surface area contributed by atoms with Gasteiger partial charge in [0.2, 0.25) is 17.8 Å². The van der Waals surface area contributed by atoms with Crippen molar-refractivity contribution in [1.29, 1.82) is 0 Å². The summed E-state index contributed by atoms with van der Waals surface area (Å²) in [5.74, 6) is 1.39. The highest BCUT2D eigenvalue weighted by molar-refractivity contribution is 7.16. The van der Waals surface area contributed by atoms with Crippen molar-refractivity contribution in [2.45, 2.75) is 25.8 Å². The zero-order chi connectivity index (χ0) is 14.8. The number of nitrogens with zero attached hydrogens (tertiary/aromatic N) is 4. The van der Waals surface area contributed by atoms with E-state index in [9.17, 15) is 0 Å². The maximum absolute atomic E-state index is 5.97.